The van der Waals surface area contributed by atoms with Crippen LogP contribution in [0.4, 0.5) is 0 Å². The third-order valence-corrected chi connectivity index (χ3v) is 3.58. The lowest BCUT2D eigenvalue weighted by molar-refractivity contribution is -0.0387. The Balaban J connectivity index is 2.24. The second-order valence-electron chi connectivity index (χ2n) is 5.25. The van der Waals surface area contributed by atoms with E-state index in [0.29, 0.717) is 36.8 Å². The van der Waals surface area contributed by atoms with Gasteiger partial charge >= 0.3 is 0 Å². The zero-order chi connectivity index (χ0) is 15.4. The Morgan fingerprint density at radius 2 is 2.14 bits per heavy atom. The average molecular weight is 293 g/mol. The molecule has 1 amide bonds. The van der Waals surface area contributed by atoms with Gasteiger partial charge in [-0.15, -0.1) is 0 Å². The first-order valence-electron chi connectivity index (χ1n) is 7.30. The van der Waals surface area contributed by atoms with Crippen LogP contribution in [0.15, 0.2) is 18.2 Å². The summed E-state index contributed by atoms with van der Waals surface area (Å²) in [5, 5.41) is 0. The number of nitrogens with zero attached hydrogens (tertiary/aromatic N) is 1. The Bertz CT molecular complexity index is 503. The van der Waals surface area contributed by atoms with Gasteiger partial charge in [0.1, 0.15) is 0 Å². The minimum atomic E-state index is 0.00116. The SMILES string of the molecule is CCOc1cc(C(=O)N2CC(C)OCC2C)ccc1OC. The standard InChI is InChI=1S/C16H23NO4/c1-5-20-15-8-13(6-7-14(15)19-4)16(18)17-9-12(3)21-10-11(17)2/h6-8,11-12H,5,9-10H2,1-4H3. The van der Waals surface area contributed by atoms with Crippen molar-refractivity contribution in [1.29, 1.82) is 0 Å². The monoisotopic (exact) mass is 293 g/mol. The number of morpholine rings is 1. The van der Waals surface area contributed by atoms with Gasteiger partial charge in [0, 0.05) is 12.1 Å². The van der Waals surface area contributed by atoms with E-state index < -0.39 is 0 Å². The van der Waals surface area contributed by atoms with Crippen molar-refractivity contribution in [3.63, 3.8) is 0 Å². The van der Waals surface area contributed by atoms with Crippen LogP contribution in [0.1, 0.15) is 31.1 Å². The summed E-state index contributed by atoms with van der Waals surface area (Å²) in [5.74, 6) is 1.23. The molecule has 1 fully saturated rings. The Labute approximate surface area is 125 Å². The van der Waals surface area contributed by atoms with Crippen LogP contribution < -0.4 is 9.47 Å². The highest BCUT2D eigenvalue weighted by Crippen LogP contribution is 2.29. The van der Waals surface area contributed by atoms with Crippen molar-refractivity contribution in [2.75, 3.05) is 26.9 Å². The predicted molar refractivity (Wildman–Crippen MR) is 80.1 cm³/mol. The molecule has 2 atom stereocenters. The topological polar surface area (TPSA) is 48.0 Å². The van der Waals surface area contributed by atoms with Crippen LogP contribution in [-0.4, -0.2) is 49.8 Å². The van der Waals surface area contributed by atoms with E-state index in [1.54, 1.807) is 25.3 Å². The highest BCUT2D eigenvalue weighted by atomic mass is 16.5. The van der Waals surface area contributed by atoms with Crippen LogP contribution in [0.25, 0.3) is 0 Å². The molecule has 2 rings (SSSR count). The molecular weight excluding hydrogens is 270 g/mol. The lowest BCUT2D eigenvalue weighted by Gasteiger charge is -2.36. The lowest BCUT2D eigenvalue weighted by Crippen LogP contribution is -2.50. The minimum absolute atomic E-state index is 0.00116. The van der Waals surface area contributed by atoms with E-state index >= 15 is 0 Å². The molecule has 0 N–H and O–H groups in total. The molecule has 0 aromatic heterocycles. The van der Waals surface area contributed by atoms with Gasteiger partial charge in [0.25, 0.3) is 5.91 Å². The van der Waals surface area contributed by atoms with Crippen LogP contribution in [0.5, 0.6) is 11.5 Å². The first-order valence-corrected chi connectivity index (χ1v) is 7.30. The molecule has 1 saturated heterocycles. The van der Waals surface area contributed by atoms with E-state index in [4.69, 9.17) is 14.2 Å². The van der Waals surface area contributed by atoms with Gasteiger partial charge in [0.05, 0.1) is 32.5 Å². The molecular formula is C16H23NO4. The minimum Gasteiger partial charge on any atom is -0.493 e. The molecule has 1 aromatic carbocycles. The van der Waals surface area contributed by atoms with Gasteiger partial charge in [0.15, 0.2) is 11.5 Å². The fourth-order valence-corrected chi connectivity index (χ4v) is 2.43. The molecule has 0 aliphatic carbocycles. The van der Waals surface area contributed by atoms with Crippen molar-refractivity contribution >= 4 is 5.91 Å². The fraction of sp³-hybridized carbons (Fsp3) is 0.562. The Hall–Kier alpha value is -1.75. The zero-order valence-corrected chi connectivity index (χ0v) is 13.1. The predicted octanol–water partition coefficient (Wildman–Crippen LogP) is 2.34. The van der Waals surface area contributed by atoms with E-state index in [1.807, 2.05) is 25.7 Å². The summed E-state index contributed by atoms with van der Waals surface area (Å²) in [4.78, 5) is 14.5. The Kier molecular flexibility index (Phi) is 5.07. The molecule has 0 bridgehead atoms. The first kappa shape index (κ1) is 15.6. The van der Waals surface area contributed by atoms with E-state index in [1.165, 1.54) is 0 Å². The number of hydrogen-bond donors (Lipinski definition) is 0. The van der Waals surface area contributed by atoms with E-state index in [9.17, 15) is 4.79 Å². The first-order chi connectivity index (χ1) is 10.1. The Morgan fingerprint density at radius 1 is 1.38 bits per heavy atom. The lowest BCUT2D eigenvalue weighted by atomic mass is 10.1. The fourth-order valence-electron chi connectivity index (χ4n) is 2.43. The van der Waals surface area contributed by atoms with Gasteiger partial charge in [-0.05, 0) is 39.0 Å². The van der Waals surface area contributed by atoms with Gasteiger partial charge < -0.3 is 19.1 Å². The third-order valence-electron chi connectivity index (χ3n) is 3.58. The molecule has 21 heavy (non-hydrogen) atoms. The van der Waals surface area contributed by atoms with Crippen molar-refractivity contribution in [3.05, 3.63) is 23.8 Å². The molecule has 0 saturated carbocycles. The number of amides is 1. The van der Waals surface area contributed by atoms with Crippen molar-refractivity contribution in [1.82, 2.24) is 4.90 Å². The largest absolute Gasteiger partial charge is 0.493 e. The van der Waals surface area contributed by atoms with Crippen LogP contribution in [0.2, 0.25) is 0 Å². The quantitative estimate of drug-likeness (QED) is 0.855. The van der Waals surface area contributed by atoms with Gasteiger partial charge in [-0.3, -0.25) is 4.79 Å². The summed E-state index contributed by atoms with van der Waals surface area (Å²) in [6, 6.07) is 5.37. The van der Waals surface area contributed by atoms with E-state index in [0.717, 1.165) is 0 Å². The van der Waals surface area contributed by atoms with Crippen LogP contribution >= 0.6 is 0 Å². The zero-order valence-electron chi connectivity index (χ0n) is 13.1. The number of rotatable bonds is 4. The van der Waals surface area contributed by atoms with Crippen LogP contribution in [-0.2, 0) is 4.74 Å². The molecule has 1 aliphatic rings. The summed E-state index contributed by atoms with van der Waals surface area (Å²) in [6.07, 6.45) is 0.0646. The Morgan fingerprint density at radius 3 is 2.81 bits per heavy atom. The summed E-state index contributed by atoms with van der Waals surface area (Å²) < 4.78 is 16.3. The van der Waals surface area contributed by atoms with Crippen LogP contribution in [0, 0.1) is 0 Å². The average Bonchev–Trinajstić information content (AvgIpc) is 2.49. The van der Waals surface area contributed by atoms with Gasteiger partial charge in [0.2, 0.25) is 0 Å². The smallest absolute Gasteiger partial charge is 0.254 e. The highest BCUT2D eigenvalue weighted by Gasteiger charge is 2.28. The van der Waals surface area contributed by atoms with Crippen molar-refractivity contribution < 1.29 is 19.0 Å². The molecule has 0 radical (unpaired) electrons. The molecule has 5 heteroatoms. The molecule has 1 aliphatic heterocycles. The number of carbonyl (C=O) groups excluding carboxylic acids is 1. The summed E-state index contributed by atoms with van der Waals surface area (Å²) in [6.45, 7) is 7.58. The van der Waals surface area contributed by atoms with Gasteiger partial charge in [-0.25, -0.2) is 0 Å². The van der Waals surface area contributed by atoms with E-state index in [-0.39, 0.29) is 18.1 Å². The molecule has 5 nitrogen and oxygen atoms in total. The van der Waals surface area contributed by atoms with Crippen molar-refractivity contribution in [2.24, 2.45) is 0 Å². The maximum atomic E-state index is 12.7. The second kappa shape index (κ2) is 6.80. The van der Waals surface area contributed by atoms with Gasteiger partial charge in [-0.1, -0.05) is 0 Å². The molecule has 1 aromatic rings. The number of carbonyl (C=O) groups is 1. The van der Waals surface area contributed by atoms with Crippen LogP contribution in [0.3, 0.4) is 0 Å². The van der Waals surface area contributed by atoms with E-state index in [2.05, 4.69) is 0 Å². The maximum absolute atomic E-state index is 12.7. The maximum Gasteiger partial charge on any atom is 0.254 e. The normalized spacial score (nSPS) is 22.0. The van der Waals surface area contributed by atoms with Crippen molar-refractivity contribution in [3.8, 4) is 11.5 Å². The third kappa shape index (κ3) is 3.47. The molecule has 2 unspecified atom stereocenters. The van der Waals surface area contributed by atoms with Crippen molar-refractivity contribution in [2.45, 2.75) is 32.9 Å². The molecule has 116 valence electrons. The number of methoxy groups -OCH3 is 1. The highest BCUT2D eigenvalue weighted by molar-refractivity contribution is 5.95. The summed E-state index contributed by atoms with van der Waals surface area (Å²) in [7, 11) is 1.59. The summed E-state index contributed by atoms with van der Waals surface area (Å²) >= 11 is 0. The summed E-state index contributed by atoms with van der Waals surface area (Å²) in [5.41, 5.74) is 0.611. The number of hydrogen-bond acceptors (Lipinski definition) is 4. The molecule has 0 spiro atoms. The van der Waals surface area contributed by atoms with Gasteiger partial charge in [-0.2, -0.15) is 0 Å². The second-order valence-corrected chi connectivity index (χ2v) is 5.25. The number of ether oxygens (including phenoxy) is 3. The molecule has 1 heterocycles. The number of benzene rings is 1.